The van der Waals surface area contributed by atoms with Gasteiger partial charge in [-0.05, 0) is 85.7 Å². The van der Waals surface area contributed by atoms with E-state index in [1.165, 1.54) is 18.2 Å². The quantitative estimate of drug-likeness (QED) is 0.317. The number of fused-ring (bicyclic) bond motifs is 2. The highest BCUT2D eigenvalue weighted by Gasteiger charge is 2.58. The largest absolute Gasteiger partial charge is 0.363 e. The Morgan fingerprint density at radius 2 is 1.91 bits per heavy atom. The van der Waals surface area contributed by atoms with Crippen LogP contribution in [0.25, 0.3) is 10.1 Å². The number of carbonyl (C=O) groups excluding carboxylic acids is 3. The predicted molar refractivity (Wildman–Crippen MR) is 166 cm³/mol. The molecule has 2 aromatic heterocycles. The van der Waals surface area contributed by atoms with E-state index in [0.717, 1.165) is 61.8 Å². The van der Waals surface area contributed by atoms with Crippen LogP contribution in [-0.2, 0) is 14.2 Å². The lowest BCUT2D eigenvalue weighted by Crippen LogP contribution is -2.57. The fraction of sp³-hybridized carbons (Fsp3) is 0.500. The molecule has 45 heavy (non-hydrogen) atoms. The molecule has 1 unspecified atom stereocenters. The molecule has 1 aromatic carbocycles. The number of amides is 3. The van der Waals surface area contributed by atoms with Crippen LogP contribution in [0.2, 0.25) is 0 Å². The highest BCUT2D eigenvalue weighted by molar-refractivity contribution is 7.51. The van der Waals surface area contributed by atoms with Gasteiger partial charge in [0.1, 0.15) is 12.1 Å². The summed E-state index contributed by atoms with van der Waals surface area (Å²) >= 11 is 1.16. The number of alkyl halides is 1. The first-order valence-corrected chi connectivity index (χ1v) is 18.1. The molecule has 4 fully saturated rings. The highest BCUT2D eigenvalue weighted by Crippen LogP contribution is 2.55. The molecule has 3 amide bonds. The number of nitrogens with zero attached hydrogens (tertiary/aromatic N) is 3. The van der Waals surface area contributed by atoms with Crippen molar-refractivity contribution < 1.29 is 33.1 Å². The molecule has 5 atom stereocenters. The van der Waals surface area contributed by atoms with Crippen molar-refractivity contribution in [1.29, 1.82) is 0 Å². The van der Waals surface area contributed by atoms with Gasteiger partial charge in [0.15, 0.2) is 0 Å². The molecule has 3 N–H and O–H groups in total. The molecule has 7 rings (SSSR count). The third kappa shape index (κ3) is 5.71. The Morgan fingerprint density at radius 3 is 2.64 bits per heavy atom. The molecule has 0 bridgehead atoms. The van der Waals surface area contributed by atoms with Crippen molar-refractivity contribution in [3.05, 3.63) is 64.8 Å². The van der Waals surface area contributed by atoms with Gasteiger partial charge in [-0.1, -0.05) is 25.0 Å². The highest BCUT2D eigenvalue weighted by atomic mass is 32.1. The van der Waals surface area contributed by atoms with Crippen LogP contribution in [0.5, 0.6) is 0 Å². The number of halogens is 1. The second-order valence-corrected chi connectivity index (χ2v) is 15.7. The van der Waals surface area contributed by atoms with Crippen LogP contribution in [0.15, 0.2) is 48.8 Å². The van der Waals surface area contributed by atoms with Crippen molar-refractivity contribution in [2.24, 2.45) is 0 Å². The smallest absolute Gasteiger partial charge is 0.340 e. The van der Waals surface area contributed by atoms with Gasteiger partial charge in [0.25, 0.3) is 5.91 Å². The number of benzene rings is 1. The lowest BCUT2D eigenvalue weighted by atomic mass is 9.97. The Morgan fingerprint density at radius 1 is 1.11 bits per heavy atom. The normalized spacial score (nSPS) is 26.9. The first-order chi connectivity index (χ1) is 21.5. The third-order valence-electron chi connectivity index (χ3n) is 10.1. The minimum atomic E-state index is -4.97. The maximum absolute atomic E-state index is 14.3. The van der Waals surface area contributed by atoms with E-state index in [1.807, 2.05) is 17.2 Å². The maximum Gasteiger partial charge on any atom is 0.363 e. The van der Waals surface area contributed by atoms with Crippen LogP contribution < -0.4 is 5.32 Å². The van der Waals surface area contributed by atoms with E-state index in [0.29, 0.717) is 34.3 Å². The Balaban J connectivity index is 1.08. The van der Waals surface area contributed by atoms with Crippen molar-refractivity contribution in [2.45, 2.75) is 93.3 Å². The van der Waals surface area contributed by atoms with E-state index in [9.17, 15) is 33.1 Å². The number of hydrogen-bond acceptors (Lipinski definition) is 6. The van der Waals surface area contributed by atoms with E-state index in [4.69, 9.17) is 0 Å². The van der Waals surface area contributed by atoms with Crippen molar-refractivity contribution in [3.63, 3.8) is 0 Å². The molecular formula is C32H36FN4O6PS. The topological polar surface area (TPSA) is 140 Å². The van der Waals surface area contributed by atoms with Gasteiger partial charge in [-0.15, -0.1) is 11.3 Å². The zero-order valence-corrected chi connectivity index (χ0v) is 26.4. The van der Waals surface area contributed by atoms with Gasteiger partial charge in [0.05, 0.1) is 4.88 Å². The number of hydrogen-bond donors (Lipinski definition) is 3. The molecule has 1 spiro atoms. The van der Waals surface area contributed by atoms with Gasteiger partial charge in [0, 0.05) is 41.1 Å². The molecular weight excluding hydrogens is 618 g/mol. The summed E-state index contributed by atoms with van der Waals surface area (Å²) in [5, 5.41) is 3.41. The molecule has 10 nitrogen and oxygen atoms in total. The zero-order chi connectivity index (χ0) is 31.5. The molecule has 3 aromatic rings. The summed E-state index contributed by atoms with van der Waals surface area (Å²) in [6, 6.07) is 8.35. The monoisotopic (exact) mass is 654 g/mol. The van der Waals surface area contributed by atoms with Crippen LogP contribution in [0.1, 0.15) is 90.4 Å². The summed E-state index contributed by atoms with van der Waals surface area (Å²) < 4.78 is 26.3. The summed E-state index contributed by atoms with van der Waals surface area (Å²) in [5.74, 6) is -2.88. The summed E-state index contributed by atoms with van der Waals surface area (Å²) in [6.07, 6.45) is 10.8. The van der Waals surface area contributed by atoms with Crippen molar-refractivity contribution in [1.82, 2.24) is 20.1 Å². The average molecular weight is 655 g/mol. The lowest BCUT2D eigenvalue weighted by Gasteiger charge is -2.37. The van der Waals surface area contributed by atoms with Crippen LogP contribution in [0.4, 0.5) is 4.39 Å². The first kappa shape index (κ1) is 30.5. The Labute approximate surface area is 264 Å². The molecule has 1 aliphatic carbocycles. The standard InChI is InChI=1S/C32H36FN4O6PS/c33-28(44(41,42)43)19-7-10-26-21(14-19)15-27(45-26)29(38)35-24-6-2-1-5-23-8-9-25(37(23)30(24)39)31(40)36-18-22(16-32(36)11-12-32)20-4-3-13-34-17-20/h3-4,7,10,13-15,17,22-25,28H,1-2,5-6,8-9,11-12,16,18H2,(H,35,38)(H2,41,42,43)/t22-,23+,24?,25+,28+/m1/s1. The molecule has 3 aliphatic heterocycles. The Bertz CT molecular complexity index is 1690. The van der Waals surface area contributed by atoms with Crippen molar-refractivity contribution >= 4 is 46.7 Å². The predicted octanol–water partition coefficient (Wildman–Crippen LogP) is 5.02. The van der Waals surface area contributed by atoms with Crippen molar-refractivity contribution in [2.75, 3.05) is 6.54 Å². The number of rotatable bonds is 6. The molecule has 4 aliphatic rings. The second kappa shape index (κ2) is 11.6. The molecule has 5 heterocycles. The van der Waals surface area contributed by atoms with Gasteiger partial charge >= 0.3 is 7.60 Å². The minimum absolute atomic E-state index is 0.0159. The van der Waals surface area contributed by atoms with Crippen LogP contribution in [0.3, 0.4) is 0 Å². The third-order valence-corrected chi connectivity index (χ3v) is 12.1. The Hall–Kier alpha value is -3.18. The van der Waals surface area contributed by atoms with E-state index in [-0.39, 0.29) is 34.9 Å². The number of aromatic nitrogens is 1. The maximum atomic E-state index is 14.3. The van der Waals surface area contributed by atoms with Crippen LogP contribution in [-0.4, -0.2) is 72.5 Å². The van der Waals surface area contributed by atoms with E-state index >= 15 is 0 Å². The van der Waals surface area contributed by atoms with Gasteiger partial charge in [0.2, 0.25) is 17.7 Å². The van der Waals surface area contributed by atoms with Gasteiger partial charge < -0.3 is 24.9 Å². The summed E-state index contributed by atoms with van der Waals surface area (Å²) in [5.41, 5.74) is 0.838. The lowest BCUT2D eigenvalue weighted by molar-refractivity contribution is -0.148. The summed E-state index contributed by atoms with van der Waals surface area (Å²) in [6.45, 7) is 0.624. The van der Waals surface area contributed by atoms with Gasteiger partial charge in [-0.25, -0.2) is 4.39 Å². The number of likely N-dealkylation sites (tertiary alicyclic amines) is 1. The summed E-state index contributed by atoms with van der Waals surface area (Å²) in [4.78, 5) is 68.7. The minimum Gasteiger partial charge on any atom is -0.340 e. The van der Waals surface area contributed by atoms with Crippen LogP contribution >= 0.6 is 18.9 Å². The molecule has 238 valence electrons. The summed E-state index contributed by atoms with van der Waals surface area (Å²) in [7, 11) is -4.97. The Kier molecular flexibility index (Phi) is 7.83. The van der Waals surface area contributed by atoms with Gasteiger partial charge in [-0.2, -0.15) is 0 Å². The van der Waals surface area contributed by atoms with Gasteiger partial charge in [-0.3, -0.25) is 23.9 Å². The number of carbonyl (C=O) groups is 3. The van der Waals surface area contributed by atoms with Crippen molar-refractivity contribution in [3.8, 4) is 0 Å². The molecule has 3 saturated heterocycles. The average Bonchev–Trinajstić information content (AvgIpc) is 3.33. The molecule has 0 radical (unpaired) electrons. The second-order valence-electron chi connectivity index (χ2n) is 13.0. The fourth-order valence-electron chi connectivity index (χ4n) is 7.66. The number of nitrogens with one attached hydrogen (secondary N) is 1. The van der Waals surface area contributed by atoms with E-state index in [1.54, 1.807) is 17.2 Å². The zero-order valence-electron chi connectivity index (χ0n) is 24.7. The number of pyridine rings is 1. The molecule has 1 saturated carbocycles. The SMILES string of the molecule is O=C(NC1CCCC[C@H]2CC[C@@H](C(=O)N3C[C@H](c4cccnc4)CC34CC4)N2C1=O)c1cc2cc([C@@H](F)P(=O)(O)O)ccc2s1. The first-order valence-electron chi connectivity index (χ1n) is 15.6. The van der Waals surface area contributed by atoms with Crippen LogP contribution in [0, 0.1) is 0 Å². The fourth-order valence-corrected chi connectivity index (χ4v) is 9.16. The molecule has 13 heteroatoms. The van der Waals surface area contributed by atoms with E-state index < -0.39 is 31.5 Å². The number of thiophene rings is 1. The van der Waals surface area contributed by atoms with E-state index in [2.05, 4.69) is 16.4 Å².